The van der Waals surface area contributed by atoms with E-state index >= 15 is 0 Å². The number of amides is 1. The van der Waals surface area contributed by atoms with E-state index in [4.69, 9.17) is 0 Å². The van der Waals surface area contributed by atoms with Gasteiger partial charge in [-0.15, -0.1) is 0 Å². The monoisotopic (exact) mass is 377 g/mol. The highest BCUT2D eigenvalue weighted by Crippen LogP contribution is 2.14. The van der Waals surface area contributed by atoms with E-state index in [1.165, 1.54) is 10.8 Å². The lowest BCUT2D eigenvalue weighted by Gasteiger charge is -2.15. The van der Waals surface area contributed by atoms with Gasteiger partial charge in [0.15, 0.2) is 0 Å². The van der Waals surface area contributed by atoms with E-state index in [1.807, 2.05) is 36.4 Å². The number of hydrogen-bond donors (Lipinski definition) is 2. The molecule has 28 heavy (non-hydrogen) atoms. The quantitative estimate of drug-likeness (QED) is 0.653. The number of carbonyl (C=O) groups is 2. The predicted octanol–water partition coefficient (Wildman–Crippen LogP) is 1.72. The normalized spacial score (nSPS) is 11.6. The fraction of sp³-hybridized carbons (Fsp3) is 0.143. The summed E-state index contributed by atoms with van der Waals surface area (Å²) in [6.45, 7) is -0.292. The van der Waals surface area contributed by atoms with Crippen LogP contribution in [0.15, 0.2) is 77.9 Å². The molecular formula is C21H19N3O4. The van der Waals surface area contributed by atoms with Crippen LogP contribution in [0.3, 0.4) is 0 Å². The van der Waals surface area contributed by atoms with E-state index in [9.17, 15) is 19.5 Å². The number of nitrogens with one attached hydrogen (secondary N) is 1. The van der Waals surface area contributed by atoms with Crippen LogP contribution >= 0.6 is 0 Å². The summed E-state index contributed by atoms with van der Waals surface area (Å²) in [6.07, 6.45) is 2.79. The van der Waals surface area contributed by atoms with Crippen LogP contribution < -0.4 is 10.9 Å². The number of aromatic nitrogens is 2. The van der Waals surface area contributed by atoms with Crippen molar-refractivity contribution in [2.75, 3.05) is 0 Å². The molecule has 2 aromatic carbocycles. The summed E-state index contributed by atoms with van der Waals surface area (Å²) in [7, 11) is 0. The number of carboxylic acids is 1. The first-order valence-electron chi connectivity index (χ1n) is 8.71. The number of hydrogen-bond acceptors (Lipinski definition) is 4. The summed E-state index contributed by atoms with van der Waals surface area (Å²) in [5.74, 6) is -1.69. The molecule has 1 atom stereocenters. The Morgan fingerprint density at radius 2 is 1.68 bits per heavy atom. The minimum atomic E-state index is -1.13. The van der Waals surface area contributed by atoms with E-state index in [0.717, 1.165) is 17.3 Å². The van der Waals surface area contributed by atoms with Gasteiger partial charge in [-0.1, -0.05) is 60.7 Å². The molecule has 1 aromatic heterocycles. The van der Waals surface area contributed by atoms with Crippen LogP contribution in [0.4, 0.5) is 0 Å². The van der Waals surface area contributed by atoms with Gasteiger partial charge in [0.25, 0.3) is 5.56 Å². The molecule has 1 amide bonds. The second-order valence-electron chi connectivity index (χ2n) is 6.25. The molecule has 0 radical (unpaired) electrons. The molecule has 7 nitrogen and oxygen atoms in total. The Morgan fingerprint density at radius 1 is 1.04 bits per heavy atom. The van der Waals surface area contributed by atoms with Crippen LogP contribution in [0.1, 0.15) is 5.56 Å². The predicted molar refractivity (Wildman–Crippen MR) is 104 cm³/mol. The van der Waals surface area contributed by atoms with E-state index in [0.29, 0.717) is 5.69 Å². The summed E-state index contributed by atoms with van der Waals surface area (Å²) in [4.78, 5) is 40.0. The Hall–Kier alpha value is -3.74. The maximum absolute atomic E-state index is 12.4. The molecule has 142 valence electrons. The number of benzene rings is 2. The van der Waals surface area contributed by atoms with Crippen LogP contribution in [-0.4, -0.2) is 32.6 Å². The first-order chi connectivity index (χ1) is 13.5. The van der Waals surface area contributed by atoms with Crippen molar-refractivity contribution >= 4 is 11.9 Å². The zero-order chi connectivity index (χ0) is 19.9. The average Bonchev–Trinajstić information content (AvgIpc) is 2.70. The maximum atomic E-state index is 12.4. The zero-order valence-corrected chi connectivity index (χ0v) is 15.0. The highest BCUT2D eigenvalue weighted by Gasteiger charge is 2.20. The van der Waals surface area contributed by atoms with Gasteiger partial charge < -0.3 is 15.0 Å². The average molecular weight is 377 g/mol. The van der Waals surface area contributed by atoms with Crippen molar-refractivity contribution < 1.29 is 14.7 Å². The van der Waals surface area contributed by atoms with Gasteiger partial charge in [-0.3, -0.25) is 9.59 Å². The third-order valence-corrected chi connectivity index (χ3v) is 4.17. The van der Waals surface area contributed by atoms with Crippen molar-refractivity contribution in [3.8, 4) is 11.3 Å². The first-order valence-corrected chi connectivity index (χ1v) is 8.71. The van der Waals surface area contributed by atoms with Crippen LogP contribution in [0, 0.1) is 0 Å². The highest BCUT2D eigenvalue weighted by molar-refractivity contribution is 5.83. The molecule has 0 saturated carbocycles. The fourth-order valence-corrected chi connectivity index (χ4v) is 2.77. The third-order valence-electron chi connectivity index (χ3n) is 4.17. The van der Waals surface area contributed by atoms with E-state index in [1.54, 1.807) is 24.3 Å². The molecule has 0 aliphatic carbocycles. The lowest BCUT2D eigenvalue weighted by atomic mass is 10.1. The van der Waals surface area contributed by atoms with Gasteiger partial charge in [0, 0.05) is 18.2 Å². The van der Waals surface area contributed by atoms with Gasteiger partial charge in [-0.2, -0.15) is 0 Å². The summed E-state index contributed by atoms with van der Waals surface area (Å²) in [6, 6.07) is 17.2. The van der Waals surface area contributed by atoms with Crippen molar-refractivity contribution in [3.63, 3.8) is 0 Å². The molecule has 1 heterocycles. The molecule has 0 fully saturated rings. The molecule has 1 unspecified atom stereocenters. The fourth-order valence-electron chi connectivity index (χ4n) is 2.77. The minimum Gasteiger partial charge on any atom is -0.480 e. The summed E-state index contributed by atoms with van der Waals surface area (Å²) in [5.41, 5.74) is 1.71. The molecule has 0 aliphatic rings. The topological polar surface area (TPSA) is 101 Å². The Morgan fingerprint density at radius 3 is 2.32 bits per heavy atom. The molecule has 3 rings (SSSR count). The number of rotatable bonds is 7. The minimum absolute atomic E-state index is 0.155. The van der Waals surface area contributed by atoms with Gasteiger partial charge in [0.05, 0.1) is 11.9 Å². The maximum Gasteiger partial charge on any atom is 0.326 e. The zero-order valence-electron chi connectivity index (χ0n) is 15.0. The summed E-state index contributed by atoms with van der Waals surface area (Å²) in [5, 5.41) is 11.9. The van der Waals surface area contributed by atoms with Crippen LogP contribution in [-0.2, 0) is 22.6 Å². The largest absolute Gasteiger partial charge is 0.480 e. The van der Waals surface area contributed by atoms with E-state index in [-0.39, 0.29) is 13.0 Å². The highest BCUT2D eigenvalue weighted by atomic mass is 16.4. The molecular weight excluding hydrogens is 358 g/mol. The molecule has 0 saturated heterocycles. The second kappa shape index (κ2) is 8.77. The lowest BCUT2D eigenvalue weighted by Crippen LogP contribution is -2.44. The Labute approximate surface area is 161 Å². The van der Waals surface area contributed by atoms with Crippen molar-refractivity contribution in [2.24, 2.45) is 0 Å². The molecule has 0 spiro atoms. The van der Waals surface area contributed by atoms with Crippen LogP contribution in [0.2, 0.25) is 0 Å². The van der Waals surface area contributed by atoms with Gasteiger partial charge >= 0.3 is 5.97 Å². The Bertz CT molecular complexity index is 1020. The van der Waals surface area contributed by atoms with E-state index < -0.39 is 23.5 Å². The smallest absolute Gasteiger partial charge is 0.326 e. The number of aliphatic carboxylic acids is 1. The van der Waals surface area contributed by atoms with Crippen molar-refractivity contribution in [2.45, 2.75) is 19.0 Å². The Kier molecular flexibility index (Phi) is 5.96. The van der Waals surface area contributed by atoms with Crippen molar-refractivity contribution in [1.82, 2.24) is 14.9 Å². The van der Waals surface area contributed by atoms with Gasteiger partial charge in [0.1, 0.15) is 12.6 Å². The molecule has 7 heteroatoms. The lowest BCUT2D eigenvalue weighted by molar-refractivity contribution is -0.141. The van der Waals surface area contributed by atoms with Gasteiger partial charge in [-0.25, -0.2) is 9.78 Å². The van der Waals surface area contributed by atoms with Crippen molar-refractivity contribution in [3.05, 3.63) is 89.0 Å². The number of carbonyl (C=O) groups excluding carboxylic acids is 1. The summed E-state index contributed by atoms with van der Waals surface area (Å²) < 4.78 is 1.21. The third kappa shape index (κ3) is 4.91. The number of nitrogens with zero attached hydrogens (tertiary/aromatic N) is 2. The van der Waals surface area contributed by atoms with E-state index in [2.05, 4.69) is 10.3 Å². The van der Waals surface area contributed by atoms with Gasteiger partial charge in [0.2, 0.25) is 5.91 Å². The van der Waals surface area contributed by atoms with Crippen LogP contribution in [0.5, 0.6) is 0 Å². The Balaban J connectivity index is 1.73. The molecule has 0 bridgehead atoms. The van der Waals surface area contributed by atoms with Crippen LogP contribution in [0.25, 0.3) is 11.3 Å². The van der Waals surface area contributed by atoms with Gasteiger partial charge in [-0.05, 0) is 5.56 Å². The number of carboxylic acid groups (broad SMARTS) is 1. The molecule has 2 N–H and O–H groups in total. The summed E-state index contributed by atoms with van der Waals surface area (Å²) >= 11 is 0. The molecule has 0 aliphatic heterocycles. The first kappa shape index (κ1) is 19.0. The van der Waals surface area contributed by atoms with Crippen molar-refractivity contribution in [1.29, 1.82) is 0 Å². The second-order valence-corrected chi connectivity index (χ2v) is 6.25. The SMILES string of the molecule is O=C(Cn1cc(-c2ccccc2)ncc1=O)NC(Cc1ccccc1)C(=O)O. The standard InChI is InChI=1S/C21H19N3O4/c25-19(23-17(21(27)28)11-15-7-3-1-4-8-15)14-24-13-18(22-12-20(24)26)16-9-5-2-6-10-16/h1-10,12-13,17H,11,14H2,(H,23,25)(H,27,28). The molecule has 3 aromatic rings.